The van der Waals surface area contributed by atoms with Gasteiger partial charge in [0.15, 0.2) is 4.67 Å². The molecule has 0 amide bonds. The minimum atomic E-state index is 0.645. The Balaban J connectivity index is 2.10. The minimum Gasteiger partial charge on any atom is -0.451 e. The Kier molecular flexibility index (Phi) is 4.33. The third-order valence-electron chi connectivity index (χ3n) is 2.34. The molecule has 1 aromatic heterocycles. The fourth-order valence-corrected chi connectivity index (χ4v) is 2.51. The summed E-state index contributed by atoms with van der Waals surface area (Å²) < 4.78 is 8.23. The number of rotatable bonds is 3. The lowest BCUT2D eigenvalue weighted by atomic mass is 10.2. The molecule has 0 unspecified atom stereocenters. The van der Waals surface area contributed by atoms with Crippen LogP contribution in [0.25, 0.3) is 0 Å². The number of hydrogen-bond acceptors (Lipinski definition) is 2. The van der Waals surface area contributed by atoms with Gasteiger partial charge in [-0.2, -0.15) is 0 Å². The molecule has 0 bridgehead atoms. The molecule has 90 valence electrons. The van der Waals surface area contributed by atoms with E-state index in [2.05, 4.69) is 66.1 Å². The first-order valence-electron chi connectivity index (χ1n) is 5.00. The normalized spacial score (nSPS) is 10.6. The highest BCUT2D eigenvalue weighted by Crippen LogP contribution is 2.29. The van der Waals surface area contributed by atoms with Crippen LogP contribution in [-0.4, -0.2) is 0 Å². The summed E-state index contributed by atoms with van der Waals surface area (Å²) in [6.07, 6.45) is 0. The molecule has 0 saturated carbocycles. The molecular formula is C12H10Br3NO. The first kappa shape index (κ1) is 13.2. The zero-order valence-electron chi connectivity index (χ0n) is 9.06. The van der Waals surface area contributed by atoms with E-state index in [9.17, 15) is 0 Å². The molecule has 0 spiro atoms. The van der Waals surface area contributed by atoms with Crippen molar-refractivity contribution in [2.24, 2.45) is 0 Å². The number of anilines is 1. The predicted octanol–water partition coefficient (Wildman–Crippen LogP) is 5.49. The molecule has 1 heterocycles. The quantitative estimate of drug-likeness (QED) is 0.706. The Morgan fingerprint density at radius 3 is 2.65 bits per heavy atom. The molecule has 2 nitrogen and oxygen atoms in total. The lowest BCUT2D eigenvalue weighted by Gasteiger charge is -2.08. The van der Waals surface area contributed by atoms with Gasteiger partial charge in [0, 0.05) is 10.2 Å². The average Bonchev–Trinajstić information content (AvgIpc) is 2.61. The Hall–Kier alpha value is -0.260. The van der Waals surface area contributed by atoms with E-state index >= 15 is 0 Å². The SMILES string of the molecule is Cc1cccc(NCc2cc(Br)c(Br)o2)c1Br. The highest BCUT2D eigenvalue weighted by atomic mass is 79.9. The second-order valence-electron chi connectivity index (χ2n) is 3.62. The molecule has 0 radical (unpaired) electrons. The van der Waals surface area contributed by atoms with Crippen molar-refractivity contribution >= 4 is 53.5 Å². The van der Waals surface area contributed by atoms with Gasteiger partial charge in [0.25, 0.3) is 0 Å². The largest absolute Gasteiger partial charge is 0.451 e. The predicted molar refractivity (Wildman–Crippen MR) is 80.3 cm³/mol. The summed E-state index contributed by atoms with van der Waals surface area (Å²) >= 11 is 10.3. The van der Waals surface area contributed by atoms with E-state index in [1.807, 2.05) is 18.2 Å². The van der Waals surface area contributed by atoms with Gasteiger partial charge in [0.05, 0.1) is 11.0 Å². The maximum Gasteiger partial charge on any atom is 0.183 e. The van der Waals surface area contributed by atoms with Gasteiger partial charge in [-0.25, -0.2) is 0 Å². The van der Waals surface area contributed by atoms with E-state index < -0.39 is 0 Å². The Labute approximate surface area is 125 Å². The zero-order chi connectivity index (χ0) is 12.4. The van der Waals surface area contributed by atoms with Crippen LogP contribution in [-0.2, 0) is 6.54 Å². The summed E-state index contributed by atoms with van der Waals surface area (Å²) in [5, 5.41) is 3.33. The first-order chi connectivity index (χ1) is 8.08. The van der Waals surface area contributed by atoms with Gasteiger partial charge in [-0.1, -0.05) is 12.1 Å². The molecular weight excluding hydrogens is 414 g/mol. The van der Waals surface area contributed by atoms with E-state index in [0.29, 0.717) is 6.54 Å². The topological polar surface area (TPSA) is 25.2 Å². The fourth-order valence-electron chi connectivity index (χ4n) is 1.44. The second kappa shape index (κ2) is 5.59. The van der Waals surface area contributed by atoms with E-state index in [0.717, 1.165) is 25.1 Å². The third-order valence-corrected chi connectivity index (χ3v) is 5.10. The Morgan fingerprint density at radius 1 is 1.24 bits per heavy atom. The van der Waals surface area contributed by atoms with Crippen molar-refractivity contribution in [3.8, 4) is 0 Å². The van der Waals surface area contributed by atoms with Crippen LogP contribution in [0, 0.1) is 6.92 Å². The number of nitrogens with one attached hydrogen (secondary N) is 1. The van der Waals surface area contributed by atoms with Crippen molar-refractivity contribution in [2.45, 2.75) is 13.5 Å². The fraction of sp³-hybridized carbons (Fsp3) is 0.167. The van der Waals surface area contributed by atoms with Gasteiger partial charge in [0.1, 0.15) is 5.76 Å². The van der Waals surface area contributed by atoms with Gasteiger partial charge < -0.3 is 9.73 Å². The Morgan fingerprint density at radius 2 is 2.00 bits per heavy atom. The maximum atomic E-state index is 5.50. The summed E-state index contributed by atoms with van der Waals surface area (Å²) in [6.45, 7) is 2.71. The van der Waals surface area contributed by atoms with E-state index in [1.54, 1.807) is 0 Å². The number of halogens is 3. The molecule has 5 heteroatoms. The minimum absolute atomic E-state index is 0.645. The van der Waals surface area contributed by atoms with Crippen LogP contribution in [0.1, 0.15) is 11.3 Å². The molecule has 0 aliphatic rings. The molecule has 2 rings (SSSR count). The molecule has 2 aromatic rings. The standard InChI is InChI=1S/C12H10Br3NO/c1-7-3-2-4-10(11(7)14)16-6-8-5-9(13)12(15)17-8/h2-5,16H,6H2,1H3. The summed E-state index contributed by atoms with van der Waals surface area (Å²) in [6, 6.07) is 8.07. The van der Waals surface area contributed by atoms with Crippen molar-refractivity contribution in [3.63, 3.8) is 0 Å². The van der Waals surface area contributed by atoms with Crippen LogP contribution in [0.3, 0.4) is 0 Å². The van der Waals surface area contributed by atoms with Gasteiger partial charge in [0.2, 0.25) is 0 Å². The molecule has 1 aromatic carbocycles. The van der Waals surface area contributed by atoms with Gasteiger partial charge in [-0.3, -0.25) is 0 Å². The molecule has 0 aliphatic heterocycles. The molecule has 0 atom stereocenters. The summed E-state index contributed by atoms with van der Waals surface area (Å²) in [5.41, 5.74) is 2.27. The van der Waals surface area contributed by atoms with E-state index in [1.165, 1.54) is 5.56 Å². The number of hydrogen-bond donors (Lipinski definition) is 1. The number of benzene rings is 1. The van der Waals surface area contributed by atoms with Gasteiger partial charge in [-0.15, -0.1) is 0 Å². The van der Waals surface area contributed by atoms with Crippen LogP contribution in [0.15, 0.2) is 42.3 Å². The van der Waals surface area contributed by atoms with Crippen molar-refractivity contribution in [2.75, 3.05) is 5.32 Å². The van der Waals surface area contributed by atoms with Gasteiger partial charge >= 0.3 is 0 Å². The maximum absolute atomic E-state index is 5.50. The smallest absolute Gasteiger partial charge is 0.183 e. The average molecular weight is 424 g/mol. The van der Waals surface area contributed by atoms with E-state index in [4.69, 9.17) is 4.42 Å². The first-order valence-corrected chi connectivity index (χ1v) is 7.38. The number of aryl methyl sites for hydroxylation is 1. The summed E-state index contributed by atoms with van der Waals surface area (Å²) in [7, 11) is 0. The van der Waals surface area contributed by atoms with Crippen molar-refractivity contribution < 1.29 is 4.42 Å². The molecule has 1 N–H and O–H groups in total. The van der Waals surface area contributed by atoms with E-state index in [-0.39, 0.29) is 0 Å². The molecule has 0 aliphatic carbocycles. The summed E-state index contributed by atoms with van der Waals surface area (Å²) in [4.78, 5) is 0. The highest BCUT2D eigenvalue weighted by Gasteiger charge is 2.07. The molecule has 0 saturated heterocycles. The van der Waals surface area contributed by atoms with Crippen LogP contribution >= 0.6 is 47.8 Å². The van der Waals surface area contributed by atoms with Crippen LogP contribution < -0.4 is 5.32 Å². The number of furan rings is 1. The van der Waals surface area contributed by atoms with Crippen molar-refractivity contribution in [1.29, 1.82) is 0 Å². The lowest BCUT2D eigenvalue weighted by molar-refractivity contribution is 0.494. The van der Waals surface area contributed by atoms with Crippen molar-refractivity contribution in [3.05, 3.63) is 49.2 Å². The van der Waals surface area contributed by atoms with Crippen LogP contribution in [0.5, 0.6) is 0 Å². The summed E-state index contributed by atoms with van der Waals surface area (Å²) in [5.74, 6) is 0.872. The van der Waals surface area contributed by atoms with Crippen LogP contribution in [0.4, 0.5) is 5.69 Å². The van der Waals surface area contributed by atoms with Crippen LogP contribution in [0.2, 0.25) is 0 Å². The Bertz CT molecular complexity index is 517. The monoisotopic (exact) mass is 421 g/mol. The van der Waals surface area contributed by atoms with Crippen molar-refractivity contribution in [1.82, 2.24) is 0 Å². The third kappa shape index (κ3) is 3.14. The van der Waals surface area contributed by atoms with Gasteiger partial charge in [-0.05, 0) is 72.4 Å². The molecule has 17 heavy (non-hydrogen) atoms. The second-order valence-corrected chi connectivity index (χ2v) is 5.99. The highest BCUT2D eigenvalue weighted by molar-refractivity contribution is 9.13. The zero-order valence-corrected chi connectivity index (χ0v) is 13.8. The lowest BCUT2D eigenvalue weighted by Crippen LogP contribution is -1.99. The molecule has 0 fully saturated rings.